The highest BCUT2D eigenvalue weighted by molar-refractivity contribution is 5.47. The van der Waals surface area contributed by atoms with Crippen molar-refractivity contribution in [2.24, 2.45) is 0 Å². The number of halogens is 1. The Kier molecular flexibility index (Phi) is 3.79. The van der Waals surface area contributed by atoms with Crippen LogP contribution in [0.3, 0.4) is 0 Å². The van der Waals surface area contributed by atoms with Crippen LogP contribution in [-0.4, -0.2) is 5.11 Å². The van der Waals surface area contributed by atoms with E-state index < -0.39 is 5.82 Å². The minimum Gasteiger partial charge on any atom is -0.453 e. The second kappa shape index (κ2) is 5.51. The molecule has 0 spiro atoms. The molecule has 0 unspecified atom stereocenters. The number of ether oxygens (including phenoxy) is 1. The summed E-state index contributed by atoms with van der Waals surface area (Å²) in [6.45, 7) is 1.67. The molecule has 0 aliphatic rings. The van der Waals surface area contributed by atoms with Crippen molar-refractivity contribution in [3.8, 4) is 17.6 Å². The molecule has 1 N–H and O–H groups in total. The van der Waals surface area contributed by atoms with Crippen molar-refractivity contribution in [1.82, 2.24) is 0 Å². The molecule has 0 fully saturated rings. The Hall–Kier alpha value is -2.38. The van der Waals surface area contributed by atoms with E-state index in [1.807, 2.05) is 13.0 Å². The Morgan fingerprint density at radius 2 is 2.00 bits per heavy atom. The van der Waals surface area contributed by atoms with Crippen molar-refractivity contribution in [3.05, 3.63) is 58.9 Å². The van der Waals surface area contributed by atoms with Crippen molar-refractivity contribution in [1.29, 1.82) is 5.26 Å². The molecule has 0 atom stereocenters. The minimum absolute atomic E-state index is 0.0771. The number of rotatable bonds is 3. The first-order valence-corrected chi connectivity index (χ1v) is 5.72. The third-order valence-corrected chi connectivity index (χ3v) is 2.65. The lowest BCUT2D eigenvalue weighted by Crippen LogP contribution is -1.93. The fraction of sp³-hybridized carbons (Fsp3) is 0.133. The van der Waals surface area contributed by atoms with Crippen molar-refractivity contribution in [2.45, 2.75) is 13.5 Å². The summed E-state index contributed by atoms with van der Waals surface area (Å²) in [5, 5.41) is 18.0. The summed E-state index contributed by atoms with van der Waals surface area (Å²) in [4.78, 5) is 0. The second-order valence-corrected chi connectivity index (χ2v) is 4.14. The lowest BCUT2D eigenvalue weighted by molar-refractivity contribution is 0.281. The fourth-order valence-electron chi connectivity index (χ4n) is 1.66. The smallest absolute Gasteiger partial charge is 0.165 e. The van der Waals surface area contributed by atoms with Gasteiger partial charge in [-0.25, -0.2) is 4.39 Å². The van der Waals surface area contributed by atoms with Gasteiger partial charge >= 0.3 is 0 Å². The van der Waals surface area contributed by atoms with Gasteiger partial charge in [0.05, 0.1) is 12.2 Å². The first-order chi connectivity index (χ1) is 9.13. The van der Waals surface area contributed by atoms with Crippen molar-refractivity contribution < 1.29 is 14.2 Å². The van der Waals surface area contributed by atoms with Gasteiger partial charge < -0.3 is 9.84 Å². The predicted molar refractivity (Wildman–Crippen MR) is 68.3 cm³/mol. The summed E-state index contributed by atoms with van der Waals surface area (Å²) in [6.07, 6.45) is 0. The fourth-order valence-corrected chi connectivity index (χ4v) is 1.66. The number of benzene rings is 2. The van der Waals surface area contributed by atoms with Crippen LogP contribution in [0.4, 0.5) is 4.39 Å². The van der Waals surface area contributed by atoms with E-state index in [0.29, 0.717) is 5.56 Å². The van der Waals surface area contributed by atoms with Gasteiger partial charge in [-0.3, -0.25) is 0 Å². The Morgan fingerprint density at radius 3 is 2.68 bits per heavy atom. The topological polar surface area (TPSA) is 53.2 Å². The van der Waals surface area contributed by atoms with E-state index in [2.05, 4.69) is 0 Å². The molecule has 2 rings (SSSR count). The van der Waals surface area contributed by atoms with E-state index in [-0.39, 0.29) is 23.7 Å². The monoisotopic (exact) mass is 257 g/mol. The summed E-state index contributed by atoms with van der Waals surface area (Å²) < 4.78 is 19.0. The number of hydrogen-bond acceptors (Lipinski definition) is 3. The Labute approximate surface area is 110 Å². The SMILES string of the molecule is Cc1ccc(F)c(Oc2ccc(CO)cc2C#N)c1. The van der Waals surface area contributed by atoms with E-state index >= 15 is 0 Å². The Morgan fingerprint density at radius 1 is 1.21 bits per heavy atom. The molecule has 2 aromatic carbocycles. The van der Waals surface area contributed by atoms with Gasteiger partial charge in [0, 0.05) is 0 Å². The molecule has 3 nitrogen and oxygen atoms in total. The molecule has 0 aliphatic carbocycles. The molecule has 0 heterocycles. The normalized spacial score (nSPS) is 10.0. The molecule has 0 amide bonds. The number of hydrogen-bond donors (Lipinski definition) is 1. The maximum atomic E-state index is 13.6. The van der Waals surface area contributed by atoms with Crippen LogP contribution in [0.25, 0.3) is 0 Å². The van der Waals surface area contributed by atoms with Gasteiger partial charge in [0.1, 0.15) is 11.8 Å². The quantitative estimate of drug-likeness (QED) is 0.917. The highest BCUT2D eigenvalue weighted by Gasteiger charge is 2.09. The van der Waals surface area contributed by atoms with Crippen LogP contribution in [0.15, 0.2) is 36.4 Å². The molecule has 96 valence electrons. The molecule has 0 aliphatic heterocycles. The van der Waals surface area contributed by atoms with Crippen molar-refractivity contribution in [2.75, 3.05) is 0 Å². The Balaban J connectivity index is 2.38. The van der Waals surface area contributed by atoms with Crippen LogP contribution in [-0.2, 0) is 6.61 Å². The van der Waals surface area contributed by atoms with E-state index in [1.54, 1.807) is 24.3 Å². The largest absolute Gasteiger partial charge is 0.453 e. The number of aliphatic hydroxyl groups excluding tert-OH is 1. The summed E-state index contributed by atoms with van der Waals surface area (Å²) in [6, 6.07) is 11.2. The van der Waals surface area contributed by atoms with Gasteiger partial charge in [0.15, 0.2) is 11.6 Å². The van der Waals surface area contributed by atoms with Gasteiger partial charge in [-0.05, 0) is 42.3 Å². The van der Waals surface area contributed by atoms with Crippen LogP contribution in [0.1, 0.15) is 16.7 Å². The highest BCUT2D eigenvalue weighted by atomic mass is 19.1. The average Bonchev–Trinajstić information content (AvgIpc) is 2.43. The lowest BCUT2D eigenvalue weighted by Gasteiger charge is -2.09. The third-order valence-electron chi connectivity index (χ3n) is 2.65. The van der Waals surface area contributed by atoms with Crippen LogP contribution in [0.2, 0.25) is 0 Å². The zero-order valence-corrected chi connectivity index (χ0v) is 10.4. The van der Waals surface area contributed by atoms with Gasteiger partial charge in [0.2, 0.25) is 0 Å². The number of aliphatic hydroxyl groups is 1. The van der Waals surface area contributed by atoms with Crippen LogP contribution in [0, 0.1) is 24.1 Å². The molecule has 0 radical (unpaired) electrons. The van der Waals surface area contributed by atoms with Crippen molar-refractivity contribution >= 4 is 0 Å². The van der Waals surface area contributed by atoms with Crippen LogP contribution < -0.4 is 4.74 Å². The standard InChI is InChI=1S/C15H12FNO2/c1-10-2-4-13(16)15(6-10)19-14-5-3-11(9-18)7-12(14)8-17/h2-7,18H,9H2,1H3. The zero-order valence-electron chi connectivity index (χ0n) is 10.4. The molecule has 4 heteroatoms. The van der Waals surface area contributed by atoms with Crippen molar-refractivity contribution in [3.63, 3.8) is 0 Å². The average molecular weight is 257 g/mol. The molecule has 19 heavy (non-hydrogen) atoms. The van der Waals surface area contributed by atoms with E-state index in [9.17, 15) is 4.39 Å². The highest BCUT2D eigenvalue weighted by Crippen LogP contribution is 2.28. The molecule has 2 aromatic rings. The summed E-state index contributed by atoms with van der Waals surface area (Å²) in [5.41, 5.74) is 1.72. The first kappa shape index (κ1) is 13.1. The Bertz CT molecular complexity index is 647. The number of nitriles is 1. The molecule has 0 saturated carbocycles. The second-order valence-electron chi connectivity index (χ2n) is 4.14. The van der Waals surface area contributed by atoms with Gasteiger partial charge in [0.25, 0.3) is 0 Å². The minimum atomic E-state index is -0.485. The number of aryl methyl sites for hydroxylation is 1. The van der Waals surface area contributed by atoms with Gasteiger partial charge in [-0.1, -0.05) is 12.1 Å². The molecular formula is C15H12FNO2. The zero-order chi connectivity index (χ0) is 13.8. The summed E-state index contributed by atoms with van der Waals surface area (Å²) in [7, 11) is 0. The molecule has 0 saturated heterocycles. The van der Waals surface area contributed by atoms with Gasteiger partial charge in [-0.2, -0.15) is 5.26 Å². The van der Waals surface area contributed by atoms with Crippen LogP contribution >= 0.6 is 0 Å². The van der Waals surface area contributed by atoms with E-state index in [4.69, 9.17) is 15.1 Å². The number of nitrogens with zero attached hydrogens (tertiary/aromatic N) is 1. The first-order valence-electron chi connectivity index (χ1n) is 5.72. The third kappa shape index (κ3) is 2.90. The molecular weight excluding hydrogens is 245 g/mol. The predicted octanol–water partition coefficient (Wildman–Crippen LogP) is 3.29. The van der Waals surface area contributed by atoms with E-state index in [1.165, 1.54) is 12.1 Å². The van der Waals surface area contributed by atoms with Gasteiger partial charge in [-0.15, -0.1) is 0 Å². The molecule has 0 aromatic heterocycles. The summed E-state index contributed by atoms with van der Waals surface area (Å²) in [5.74, 6) is -0.141. The molecule has 0 bridgehead atoms. The maximum Gasteiger partial charge on any atom is 0.165 e. The summed E-state index contributed by atoms with van der Waals surface area (Å²) >= 11 is 0. The maximum absolute atomic E-state index is 13.6. The van der Waals surface area contributed by atoms with E-state index in [0.717, 1.165) is 5.56 Å². The lowest BCUT2D eigenvalue weighted by atomic mass is 10.1. The van der Waals surface area contributed by atoms with Crippen LogP contribution in [0.5, 0.6) is 11.5 Å².